The highest BCUT2D eigenvalue weighted by molar-refractivity contribution is 14.0. The SMILES string of the molecule is CCOc1cccc([C@@H]2C[C@H]2NC(N)=NC2CCOc3ccccc32)c1.I. The number of hydrogen-bond acceptors (Lipinski definition) is 3. The molecule has 3 N–H and O–H groups in total. The summed E-state index contributed by atoms with van der Waals surface area (Å²) in [4.78, 5) is 4.71. The molecule has 4 rings (SSSR count). The summed E-state index contributed by atoms with van der Waals surface area (Å²) < 4.78 is 11.3. The van der Waals surface area contributed by atoms with E-state index in [0.717, 1.165) is 29.9 Å². The molecule has 0 saturated heterocycles. The van der Waals surface area contributed by atoms with Crippen LogP contribution in [0.5, 0.6) is 11.5 Å². The summed E-state index contributed by atoms with van der Waals surface area (Å²) in [6.07, 6.45) is 1.92. The van der Waals surface area contributed by atoms with Crippen molar-refractivity contribution in [2.45, 2.75) is 37.8 Å². The van der Waals surface area contributed by atoms with Gasteiger partial charge in [-0.2, -0.15) is 0 Å². The first-order valence-corrected chi connectivity index (χ1v) is 9.29. The van der Waals surface area contributed by atoms with Gasteiger partial charge in [0.15, 0.2) is 5.96 Å². The lowest BCUT2D eigenvalue weighted by Crippen LogP contribution is -2.35. The number of nitrogens with two attached hydrogens (primary N) is 1. The van der Waals surface area contributed by atoms with Crippen LogP contribution < -0.4 is 20.5 Å². The van der Waals surface area contributed by atoms with E-state index in [9.17, 15) is 0 Å². The van der Waals surface area contributed by atoms with Gasteiger partial charge in [0.25, 0.3) is 0 Å². The number of halogens is 1. The summed E-state index contributed by atoms with van der Waals surface area (Å²) in [6, 6.07) is 16.8. The van der Waals surface area contributed by atoms with Crippen molar-refractivity contribution < 1.29 is 9.47 Å². The van der Waals surface area contributed by atoms with Gasteiger partial charge in [-0.15, -0.1) is 24.0 Å². The number of para-hydroxylation sites is 1. The predicted molar refractivity (Wildman–Crippen MR) is 118 cm³/mol. The molecule has 27 heavy (non-hydrogen) atoms. The zero-order valence-electron chi connectivity index (χ0n) is 15.4. The van der Waals surface area contributed by atoms with Crippen LogP contribution in [0.2, 0.25) is 0 Å². The van der Waals surface area contributed by atoms with Crippen LogP contribution in [0.4, 0.5) is 0 Å². The van der Waals surface area contributed by atoms with Gasteiger partial charge in [0.1, 0.15) is 11.5 Å². The largest absolute Gasteiger partial charge is 0.494 e. The molecule has 0 amide bonds. The summed E-state index contributed by atoms with van der Waals surface area (Å²) in [5.74, 6) is 2.82. The second-order valence-corrected chi connectivity index (χ2v) is 6.80. The number of nitrogens with one attached hydrogen (secondary N) is 1. The molecular weight excluding hydrogens is 453 g/mol. The smallest absolute Gasteiger partial charge is 0.189 e. The van der Waals surface area contributed by atoms with Gasteiger partial charge in [0.2, 0.25) is 0 Å². The van der Waals surface area contributed by atoms with Crippen LogP contribution >= 0.6 is 24.0 Å². The van der Waals surface area contributed by atoms with E-state index in [2.05, 4.69) is 23.5 Å². The lowest BCUT2D eigenvalue weighted by atomic mass is 10.0. The highest BCUT2D eigenvalue weighted by Gasteiger charge is 2.39. The first-order valence-electron chi connectivity index (χ1n) is 9.29. The van der Waals surface area contributed by atoms with E-state index in [4.69, 9.17) is 20.2 Å². The van der Waals surface area contributed by atoms with E-state index in [0.29, 0.717) is 31.1 Å². The first-order chi connectivity index (χ1) is 12.7. The quantitative estimate of drug-likeness (QED) is 0.387. The van der Waals surface area contributed by atoms with E-state index in [1.165, 1.54) is 5.56 Å². The second-order valence-electron chi connectivity index (χ2n) is 6.80. The molecule has 3 atom stereocenters. The Labute approximate surface area is 177 Å². The molecular formula is C21H26IN3O2. The van der Waals surface area contributed by atoms with Crippen molar-refractivity contribution in [1.29, 1.82) is 0 Å². The van der Waals surface area contributed by atoms with Gasteiger partial charge in [-0.05, 0) is 37.1 Å². The van der Waals surface area contributed by atoms with Gasteiger partial charge < -0.3 is 20.5 Å². The monoisotopic (exact) mass is 479 g/mol. The summed E-state index contributed by atoms with van der Waals surface area (Å²) in [5, 5.41) is 3.38. The molecule has 5 nitrogen and oxygen atoms in total. The third-order valence-corrected chi connectivity index (χ3v) is 4.94. The highest BCUT2D eigenvalue weighted by Crippen LogP contribution is 2.42. The third-order valence-electron chi connectivity index (χ3n) is 4.94. The van der Waals surface area contributed by atoms with Crippen molar-refractivity contribution in [3.8, 4) is 11.5 Å². The minimum atomic E-state index is 0. The van der Waals surface area contributed by atoms with Gasteiger partial charge in [-0.25, -0.2) is 4.99 Å². The molecule has 1 saturated carbocycles. The number of hydrogen-bond donors (Lipinski definition) is 2. The Kier molecular flexibility index (Phi) is 6.46. The number of nitrogens with zero attached hydrogens (tertiary/aromatic N) is 1. The average molecular weight is 479 g/mol. The summed E-state index contributed by atoms with van der Waals surface area (Å²) in [7, 11) is 0. The average Bonchev–Trinajstić information content (AvgIpc) is 3.41. The second kappa shape index (κ2) is 8.82. The summed E-state index contributed by atoms with van der Waals surface area (Å²) >= 11 is 0. The minimum Gasteiger partial charge on any atom is -0.494 e. The number of benzene rings is 2. The molecule has 1 fully saturated rings. The van der Waals surface area contributed by atoms with Gasteiger partial charge in [-0.1, -0.05) is 30.3 Å². The molecule has 0 radical (unpaired) electrons. The van der Waals surface area contributed by atoms with Crippen molar-refractivity contribution >= 4 is 29.9 Å². The molecule has 2 aliphatic rings. The third kappa shape index (κ3) is 4.66. The maximum Gasteiger partial charge on any atom is 0.189 e. The van der Waals surface area contributed by atoms with Crippen molar-refractivity contribution in [1.82, 2.24) is 5.32 Å². The van der Waals surface area contributed by atoms with Crippen LogP contribution in [0.25, 0.3) is 0 Å². The molecule has 0 bridgehead atoms. The van der Waals surface area contributed by atoms with E-state index >= 15 is 0 Å². The number of fused-ring (bicyclic) bond motifs is 1. The Morgan fingerprint density at radius 1 is 1.26 bits per heavy atom. The molecule has 1 aliphatic carbocycles. The molecule has 1 heterocycles. The van der Waals surface area contributed by atoms with Crippen molar-refractivity contribution in [3.05, 3.63) is 59.7 Å². The lowest BCUT2D eigenvalue weighted by molar-refractivity contribution is 0.269. The molecule has 0 spiro atoms. The highest BCUT2D eigenvalue weighted by atomic mass is 127. The zero-order chi connectivity index (χ0) is 17.9. The normalized spacial score (nSPS) is 23.4. The van der Waals surface area contributed by atoms with E-state index < -0.39 is 0 Å². The topological polar surface area (TPSA) is 68.9 Å². The molecule has 2 aromatic carbocycles. The molecule has 0 aromatic heterocycles. The Morgan fingerprint density at radius 2 is 2.11 bits per heavy atom. The van der Waals surface area contributed by atoms with Gasteiger partial charge >= 0.3 is 0 Å². The molecule has 6 heteroatoms. The standard InChI is InChI=1S/C21H25N3O2.HI/c1-2-25-15-7-5-6-14(12-15)17-13-19(17)24-21(22)23-18-10-11-26-20-9-4-3-8-16(18)20;/h3-9,12,17-19H,2,10-11,13H2,1H3,(H3,22,23,24);1H/t17-,18?,19+;/m0./s1. The molecule has 1 aliphatic heterocycles. The van der Waals surface area contributed by atoms with Crippen LogP contribution in [-0.4, -0.2) is 25.2 Å². The van der Waals surface area contributed by atoms with Crippen molar-refractivity contribution in [2.24, 2.45) is 10.7 Å². The Hall–Kier alpha value is -1.96. The van der Waals surface area contributed by atoms with E-state index in [1.807, 2.05) is 37.3 Å². The van der Waals surface area contributed by atoms with Gasteiger partial charge in [0, 0.05) is 23.9 Å². The Morgan fingerprint density at radius 3 is 2.96 bits per heavy atom. The van der Waals surface area contributed by atoms with Gasteiger partial charge in [0.05, 0.1) is 19.3 Å². The van der Waals surface area contributed by atoms with Crippen LogP contribution in [0, 0.1) is 0 Å². The van der Waals surface area contributed by atoms with Crippen molar-refractivity contribution in [3.63, 3.8) is 0 Å². The number of ether oxygens (including phenoxy) is 2. The van der Waals surface area contributed by atoms with Crippen LogP contribution in [0.1, 0.15) is 42.9 Å². The molecule has 2 aromatic rings. The molecule has 144 valence electrons. The number of rotatable bonds is 5. The Bertz CT molecular complexity index is 812. The summed E-state index contributed by atoms with van der Waals surface area (Å²) in [6.45, 7) is 3.36. The maximum absolute atomic E-state index is 6.19. The number of guanidine groups is 1. The first kappa shape index (κ1) is 19.8. The van der Waals surface area contributed by atoms with E-state index in [-0.39, 0.29) is 30.0 Å². The summed E-state index contributed by atoms with van der Waals surface area (Å²) in [5.41, 5.74) is 8.59. The minimum absolute atomic E-state index is 0. The predicted octanol–water partition coefficient (Wildman–Crippen LogP) is 3.99. The lowest BCUT2D eigenvalue weighted by Gasteiger charge is -2.23. The van der Waals surface area contributed by atoms with E-state index in [1.54, 1.807) is 0 Å². The Balaban J connectivity index is 0.00000210. The van der Waals surface area contributed by atoms with Crippen LogP contribution in [0.3, 0.4) is 0 Å². The van der Waals surface area contributed by atoms with Crippen LogP contribution in [-0.2, 0) is 0 Å². The maximum atomic E-state index is 6.19. The fraction of sp³-hybridized carbons (Fsp3) is 0.381. The van der Waals surface area contributed by atoms with Gasteiger partial charge in [-0.3, -0.25) is 0 Å². The fourth-order valence-electron chi connectivity index (χ4n) is 3.58. The van der Waals surface area contributed by atoms with Crippen molar-refractivity contribution in [2.75, 3.05) is 13.2 Å². The molecule has 1 unspecified atom stereocenters. The zero-order valence-corrected chi connectivity index (χ0v) is 17.8. The number of aliphatic imine (C=N–C) groups is 1. The van der Waals surface area contributed by atoms with Crippen LogP contribution in [0.15, 0.2) is 53.5 Å². The fourth-order valence-corrected chi connectivity index (χ4v) is 3.58.